The standard InChI is InChI=1S/C25H23N5O4S2/c1-15-7-6-8-16(2)21(15)34-12-11-29-14-17(18-9-4-5-10-20(18)29)13-19-22(26)30-24(27-23(19)31)35-25(28-30)36(3,32)33/h4-10,13-14,26H,11-12H2,1-3H3/b19-13-,26-22?. The number of hydrogen-bond donors (Lipinski definition) is 1. The van der Waals surface area contributed by atoms with Crippen LogP contribution in [-0.2, 0) is 21.2 Å². The molecule has 0 unspecified atom stereocenters. The average Bonchev–Trinajstić information content (AvgIpc) is 3.41. The molecule has 1 N–H and O–H groups in total. The number of hydrogen-bond acceptors (Lipinski definition) is 7. The highest BCUT2D eigenvalue weighted by molar-refractivity contribution is 8.42. The van der Waals surface area contributed by atoms with Gasteiger partial charge in [0.05, 0.1) is 12.1 Å². The zero-order valence-electron chi connectivity index (χ0n) is 19.8. The van der Waals surface area contributed by atoms with E-state index in [-0.39, 0.29) is 21.0 Å². The number of amidine groups is 2. The van der Waals surface area contributed by atoms with Gasteiger partial charge >= 0.3 is 0 Å². The van der Waals surface area contributed by atoms with Gasteiger partial charge in [0.15, 0.2) is 5.84 Å². The molecule has 11 heteroatoms. The van der Waals surface area contributed by atoms with Crippen molar-refractivity contribution < 1.29 is 17.9 Å². The summed E-state index contributed by atoms with van der Waals surface area (Å²) in [5.74, 6) is 0.0500. The summed E-state index contributed by atoms with van der Waals surface area (Å²) in [5, 5.41) is 14.6. The molecular weight excluding hydrogens is 498 g/mol. The van der Waals surface area contributed by atoms with E-state index in [0.717, 1.165) is 56.4 Å². The Kier molecular flexibility index (Phi) is 6.05. The van der Waals surface area contributed by atoms with Crippen LogP contribution in [0.4, 0.5) is 0 Å². The van der Waals surface area contributed by atoms with Gasteiger partial charge in [0.25, 0.3) is 5.91 Å². The van der Waals surface area contributed by atoms with Crippen LogP contribution in [0.1, 0.15) is 16.7 Å². The molecule has 0 aliphatic carbocycles. The van der Waals surface area contributed by atoms with E-state index in [1.807, 2.05) is 67.1 Å². The first kappa shape index (κ1) is 24.0. The molecular formula is C25H23N5O4S2. The average molecular weight is 522 g/mol. The number of carbonyl (C=O) groups excluding carboxylic acids is 1. The Morgan fingerprint density at radius 1 is 1.11 bits per heavy atom. The van der Waals surface area contributed by atoms with Crippen LogP contribution in [0.2, 0.25) is 0 Å². The maximum absolute atomic E-state index is 12.8. The van der Waals surface area contributed by atoms with Gasteiger partial charge in [0, 0.05) is 28.9 Å². The lowest BCUT2D eigenvalue weighted by Crippen LogP contribution is -2.35. The lowest BCUT2D eigenvalue weighted by atomic mass is 10.1. The van der Waals surface area contributed by atoms with Gasteiger partial charge in [0.1, 0.15) is 12.4 Å². The number of benzene rings is 2. The molecule has 3 aromatic rings. The van der Waals surface area contributed by atoms with Crippen LogP contribution in [0, 0.1) is 19.3 Å². The fraction of sp³-hybridized carbons (Fsp3) is 0.200. The summed E-state index contributed by atoms with van der Waals surface area (Å²) in [7, 11) is -3.59. The molecule has 0 bridgehead atoms. The maximum atomic E-state index is 12.8. The van der Waals surface area contributed by atoms with Crippen LogP contribution in [0.25, 0.3) is 17.0 Å². The van der Waals surface area contributed by atoms with E-state index in [9.17, 15) is 13.2 Å². The SMILES string of the molecule is Cc1cccc(C)c1OCCn1cc(/C=C2/C(=N)N3N=C(S(C)(=O)=O)SC3=NC2=O)c2ccccc21. The molecule has 0 radical (unpaired) electrons. The smallest absolute Gasteiger partial charge is 0.283 e. The van der Waals surface area contributed by atoms with Crippen LogP contribution in [0.5, 0.6) is 5.75 Å². The van der Waals surface area contributed by atoms with Gasteiger partial charge in [-0.1, -0.05) is 36.4 Å². The lowest BCUT2D eigenvalue weighted by Gasteiger charge is -2.19. The van der Waals surface area contributed by atoms with E-state index in [1.54, 1.807) is 6.08 Å². The van der Waals surface area contributed by atoms with Crippen molar-refractivity contribution in [2.24, 2.45) is 10.1 Å². The van der Waals surface area contributed by atoms with Crippen molar-refractivity contribution in [3.8, 4) is 5.75 Å². The number of thioether (sulfide) groups is 1. The minimum Gasteiger partial charge on any atom is -0.491 e. The Labute approximate surface area is 212 Å². The van der Waals surface area contributed by atoms with Crippen molar-refractivity contribution in [2.75, 3.05) is 12.9 Å². The minimum absolute atomic E-state index is 0.0348. The van der Waals surface area contributed by atoms with Crippen molar-refractivity contribution in [3.63, 3.8) is 0 Å². The highest BCUT2D eigenvalue weighted by Crippen LogP contribution is 2.31. The Bertz CT molecular complexity index is 1610. The van der Waals surface area contributed by atoms with Crippen LogP contribution in [0.3, 0.4) is 0 Å². The molecule has 0 spiro atoms. The first-order valence-corrected chi connectivity index (χ1v) is 13.8. The number of aryl methyl sites for hydroxylation is 2. The van der Waals surface area contributed by atoms with E-state index in [1.165, 1.54) is 0 Å². The second kappa shape index (κ2) is 9.07. The summed E-state index contributed by atoms with van der Waals surface area (Å²) < 4.78 is 31.7. The number of carbonyl (C=O) groups is 1. The third kappa shape index (κ3) is 4.35. The number of fused-ring (bicyclic) bond motifs is 2. The topological polar surface area (TPSA) is 117 Å². The second-order valence-corrected chi connectivity index (χ2v) is 11.7. The Morgan fingerprint density at radius 3 is 2.56 bits per heavy atom. The monoisotopic (exact) mass is 521 g/mol. The quantitative estimate of drug-likeness (QED) is 0.508. The van der Waals surface area contributed by atoms with E-state index in [4.69, 9.17) is 10.1 Å². The molecule has 3 heterocycles. The highest BCUT2D eigenvalue weighted by atomic mass is 32.3. The predicted molar refractivity (Wildman–Crippen MR) is 143 cm³/mol. The van der Waals surface area contributed by atoms with Gasteiger partial charge in [-0.3, -0.25) is 10.2 Å². The van der Waals surface area contributed by atoms with Crippen molar-refractivity contribution in [3.05, 3.63) is 70.9 Å². The number of ether oxygens (including phenoxy) is 1. The summed E-state index contributed by atoms with van der Waals surface area (Å²) in [6, 6.07) is 13.8. The highest BCUT2D eigenvalue weighted by Gasteiger charge is 2.38. The van der Waals surface area contributed by atoms with Crippen molar-refractivity contribution in [1.29, 1.82) is 5.41 Å². The lowest BCUT2D eigenvalue weighted by molar-refractivity contribution is -0.114. The Morgan fingerprint density at radius 2 is 1.83 bits per heavy atom. The largest absolute Gasteiger partial charge is 0.491 e. The molecule has 184 valence electrons. The molecule has 9 nitrogen and oxygen atoms in total. The number of aliphatic imine (C=N–C) groups is 1. The van der Waals surface area contributed by atoms with E-state index in [0.29, 0.717) is 13.2 Å². The fourth-order valence-corrected chi connectivity index (χ4v) is 5.81. The molecule has 2 aromatic carbocycles. The molecule has 1 aromatic heterocycles. The summed E-state index contributed by atoms with van der Waals surface area (Å²) in [5.41, 5.74) is 3.89. The molecule has 5 rings (SSSR count). The van der Waals surface area contributed by atoms with E-state index >= 15 is 0 Å². The summed E-state index contributed by atoms with van der Waals surface area (Å²) >= 11 is 0.764. The maximum Gasteiger partial charge on any atom is 0.283 e. The molecule has 0 saturated heterocycles. The molecule has 0 saturated carbocycles. The predicted octanol–water partition coefficient (Wildman–Crippen LogP) is 3.96. The number of nitrogens with zero attached hydrogens (tertiary/aromatic N) is 4. The van der Waals surface area contributed by atoms with Crippen molar-refractivity contribution in [2.45, 2.75) is 20.4 Å². The summed E-state index contributed by atoms with van der Waals surface area (Å²) in [6.07, 6.45) is 4.54. The van der Waals surface area contributed by atoms with Crippen LogP contribution in [0.15, 0.2) is 64.3 Å². The fourth-order valence-electron chi connectivity index (χ4n) is 4.13. The van der Waals surface area contributed by atoms with Crippen LogP contribution >= 0.6 is 11.8 Å². The molecule has 2 aliphatic heterocycles. The van der Waals surface area contributed by atoms with Gasteiger partial charge in [-0.25, -0.2) is 8.42 Å². The molecule has 0 fully saturated rings. The minimum atomic E-state index is -3.59. The molecule has 1 amide bonds. The number of rotatable bonds is 5. The Balaban J connectivity index is 1.45. The van der Waals surface area contributed by atoms with Gasteiger partial charge in [-0.15, -0.1) is 5.10 Å². The first-order valence-electron chi connectivity index (χ1n) is 11.1. The third-order valence-electron chi connectivity index (χ3n) is 5.86. The molecule has 0 atom stereocenters. The number of hydrazone groups is 1. The number of nitrogens with one attached hydrogen (secondary N) is 1. The number of amides is 1. The normalized spacial score (nSPS) is 17.0. The first-order chi connectivity index (χ1) is 17.1. The van der Waals surface area contributed by atoms with Crippen LogP contribution in [-0.4, -0.2) is 52.1 Å². The Hall–Kier alpha value is -3.70. The number of sulfone groups is 1. The van der Waals surface area contributed by atoms with Gasteiger partial charge in [-0.05, 0) is 48.9 Å². The summed E-state index contributed by atoms with van der Waals surface area (Å²) in [6.45, 7) is 5.07. The zero-order valence-corrected chi connectivity index (χ0v) is 21.5. The third-order valence-corrected chi connectivity index (χ3v) is 8.44. The van der Waals surface area contributed by atoms with Crippen LogP contribution < -0.4 is 4.74 Å². The van der Waals surface area contributed by atoms with E-state index in [2.05, 4.69) is 10.1 Å². The second-order valence-electron chi connectivity index (χ2n) is 8.52. The van der Waals surface area contributed by atoms with Crippen molar-refractivity contribution in [1.82, 2.24) is 9.58 Å². The van der Waals surface area contributed by atoms with Gasteiger partial charge in [-0.2, -0.15) is 10.0 Å². The van der Waals surface area contributed by atoms with Gasteiger partial charge in [0.2, 0.25) is 19.4 Å². The number of para-hydroxylation sites is 2. The van der Waals surface area contributed by atoms with Crippen molar-refractivity contribution >= 4 is 59.9 Å². The molecule has 36 heavy (non-hydrogen) atoms. The number of aromatic nitrogens is 1. The zero-order chi connectivity index (χ0) is 25.6. The summed E-state index contributed by atoms with van der Waals surface area (Å²) in [4.78, 5) is 16.8. The van der Waals surface area contributed by atoms with Gasteiger partial charge < -0.3 is 9.30 Å². The van der Waals surface area contributed by atoms with E-state index < -0.39 is 15.7 Å². The molecule has 2 aliphatic rings.